The topological polar surface area (TPSA) is 44.0 Å². The van der Waals surface area contributed by atoms with Gasteiger partial charge in [-0.15, -0.1) is 0 Å². The maximum absolute atomic E-state index is 9.91. The largest absolute Gasteiger partial charge is 0.389 e. The predicted molar refractivity (Wildman–Crippen MR) is 102 cm³/mol. The molecule has 2 heteroatoms. The zero-order chi connectivity index (χ0) is 18.5. The molecule has 2 aliphatic rings. The number of nitriles is 1. The highest BCUT2D eigenvalue weighted by atomic mass is 16.3. The van der Waals surface area contributed by atoms with Crippen LogP contribution in [0.15, 0.2) is 0 Å². The smallest absolute Gasteiger partial charge is 0.0777 e. The van der Waals surface area contributed by atoms with Gasteiger partial charge in [-0.2, -0.15) is 5.26 Å². The van der Waals surface area contributed by atoms with Gasteiger partial charge in [-0.05, 0) is 74.5 Å². The molecule has 6 atom stereocenters. The van der Waals surface area contributed by atoms with Gasteiger partial charge >= 0.3 is 0 Å². The Morgan fingerprint density at radius 2 is 1.46 bits per heavy atom. The van der Waals surface area contributed by atoms with Gasteiger partial charge in [-0.3, -0.25) is 0 Å². The summed E-state index contributed by atoms with van der Waals surface area (Å²) >= 11 is 0. The highest BCUT2D eigenvalue weighted by molar-refractivity contribution is 5.00. The first-order valence-corrected chi connectivity index (χ1v) is 10.2. The molecule has 0 aromatic carbocycles. The highest BCUT2D eigenvalue weighted by Gasteiger charge is 2.39. The van der Waals surface area contributed by atoms with Gasteiger partial charge in [0.2, 0.25) is 0 Å². The summed E-state index contributed by atoms with van der Waals surface area (Å²) < 4.78 is 0. The maximum atomic E-state index is 9.91. The van der Waals surface area contributed by atoms with Crippen molar-refractivity contribution in [3.05, 3.63) is 0 Å². The van der Waals surface area contributed by atoms with Crippen molar-refractivity contribution in [2.45, 2.75) is 92.6 Å². The molecule has 0 radical (unpaired) electrons. The van der Waals surface area contributed by atoms with Crippen molar-refractivity contribution in [2.75, 3.05) is 0 Å². The lowest BCUT2D eigenvalue weighted by Crippen LogP contribution is -2.40. The third kappa shape index (κ3) is 6.07. The Labute approximate surface area is 151 Å². The van der Waals surface area contributed by atoms with Crippen molar-refractivity contribution in [1.29, 1.82) is 5.26 Å². The van der Waals surface area contributed by atoms with Crippen LogP contribution in [0.5, 0.6) is 0 Å². The Morgan fingerprint density at radius 3 is 1.92 bits per heavy atom. The van der Waals surface area contributed by atoms with E-state index in [-0.39, 0.29) is 5.92 Å². The molecule has 0 saturated heterocycles. The lowest BCUT2D eigenvalue weighted by atomic mass is 9.69. The summed E-state index contributed by atoms with van der Waals surface area (Å²) in [4.78, 5) is 0. The SMILES string of the molecule is CC(C)C1CCC(C)(O)C(C#N)C1.CC(C)C1CCC(C)C(C)C1. The fourth-order valence-electron chi connectivity index (χ4n) is 4.32. The van der Waals surface area contributed by atoms with Gasteiger partial charge in [0.15, 0.2) is 0 Å². The van der Waals surface area contributed by atoms with Crippen LogP contribution in [-0.2, 0) is 0 Å². The van der Waals surface area contributed by atoms with Crippen LogP contribution >= 0.6 is 0 Å². The summed E-state index contributed by atoms with van der Waals surface area (Å²) in [7, 11) is 0. The summed E-state index contributed by atoms with van der Waals surface area (Å²) in [6.45, 7) is 15.7. The van der Waals surface area contributed by atoms with E-state index in [9.17, 15) is 5.11 Å². The molecular formula is C22H41NO. The average Bonchev–Trinajstić information content (AvgIpc) is 2.50. The third-order valence-electron chi connectivity index (χ3n) is 6.99. The molecule has 0 aromatic heterocycles. The molecule has 0 amide bonds. The van der Waals surface area contributed by atoms with E-state index in [1.807, 2.05) is 0 Å². The van der Waals surface area contributed by atoms with Crippen LogP contribution in [0.2, 0.25) is 0 Å². The Balaban J connectivity index is 0.000000243. The predicted octanol–water partition coefficient (Wildman–Crippen LogP) is 6.05. The van der Waals surface area contributed by atoms with Gasteiger partial charge in [-0.1, -0.05) is 48.0 Å². The van der Waals surface area contributed by atoms with E-state index in [2.05, 4.69) is 47.6 Å². The second kappa shape index (κ2) is 9.23. The highest BCUT2D eigenvalue weighted by Crippen LogP contribution is 2.39. The molecule has 2 saturated carbocycles. The van der Waals surface area contributed by atoms with E-state index in [0.29, 0.717) is 11.8 Å². The molecule has 0 spiro atoms. The summed E-state index contributed by atoms with van der Waals surface area (Å²) in [5.41, 5.74) is -0.750. The van der Waals surface area contributed by atoms with E-state index in [1.54, 1.807) is 6.92 Å². The fraction of sp³-hybridized carbons (Fsp3) is 0.955. The van der Waals surface area contributed by atoms with Crippen molar-refractivity contribution >= 4 is 0 Å². The molecule has 0 bridgehead atoms. The molecule has 2 aliphatic carbocycles. The minimum atomic E-state index is -0.750. The van der Waals surface area contributed by atoms with E-state index < -0.39 is 5.60 Å². The molecule has 6 unspecified atom stereocenters. The molecule has 2 nitrogen and oxygen atoms in total. The molecule has 24 heavy (non-hydrogen) atoms. The second-order valence-electron chi connectivity index (χ2n) is 9.59. The van der Waals surface area contributed by atoms with Crippen molar-refractivity contribution in [3.8, 4) is 6.07 Å². The number of nitrogens with zero attached hydrogens (tertiary/aromatic N) is 1. The van der Waals surface area contributed by atoms with Crippen LogP contribution in [0, 0.1) is 52.8 Å². The minimum Gasteiger partial charge on any atom is -0.389 e. The van der Waals surface area contributed by atoms with Gasteiger partial charge < -0.3 is 5.11 Å². The van der Waals surface area contributed by atoms with Crippen molar-refractivity contribution in [3.63, 3.8) is 0 Å². The third-order valence-corrected chi connectivity index (χ3v) is 6.99. The molecule has 1 N–H and O–H groups in total. The quantitative estimate of drug-likeness (QED) is 0.667. The van der Waals surface area contributed by atoms with Crippen molar-refractivity contribution in [2.24, 2.45) is 41.4 Å². The van der Waals surface area contributed by atoms with Gasteiger partial charge in [0.1, 0.15) is 0 Å². The van der Waals surface area contributed by atoms with Gasteiger partial charge in [0.25, 0.3) is 0 Å². The van der Waals surface area contributed by atoms with Gasteiger partial charge in [0.05, 0.1) is 17.6 Å². The minimum absolute atomic E-state index is 0.173. The lowest BCUT2D eigenvalue weighted by molar-refractivity contribution is -0.0302. The lowest BCUT2D eigenvalue weighted by Gasteiger charge is -2.38. The average molecular weight is 336 g/mol. The van der Waals surface area contributed by atoms with E-state index in [1.165, 1.54) is 19.3 Å². The van der Waals surface area contributed by atoms with Crippen LogP contribution in [0.25, 0.3) is 0 Å². The molecule has 0 aliphatic heterocycles. The molecule has 0 heterocycles. The van der Waals surface area contributed by atoms with Crippen LogP contribution in [0.3, 0.4) is 0 Å². The Hall–Kier alpha value is -0.550. The van der Waals surface area contributed by atoms with Crippen LogP contribution in [0.4, 0.5) is 0 Å². The molecular weight excluding hydrogens is 294 g/mol. The molecule has 0 aromatic rings. The summed E-state index contributed by atoms with van der Waals surface area (Å²) in [5, 5.41) is 18.8. The van der Waals surface area contributed by atoms with E-state index >= 15 is 0 Å². The Kier molecular flexibility index (Phi) is 8.27. The van der Waals surface area contributed by atoms with Crippen LogP contribution in [-0.4, -0.2) is 10.7 Å². The summed E-state index contributed by atoms with van der Waals surface area (Å²) in [5.74, 6) is 4.94. The van der Waals surface area contributed by atoms with Gasteiger partial charge in [-0.25, -0.2) is 0 Å². The molecule has 140 valence electrons. The van der Waals surface area contributed by atoms with Gasteiger partial charge in [0, 0.05) is 0 Å². The van der Waals surface area contributed by atoms with Crippen molar-refractivity contribution in [1.82, 2.24) is 0 Å². The maximum Gasteiger partial charge on any atom is 0.0777 e. The van der Waals surface area contributed by atoms with E-state index in [0.717, 1.165) is 42.9 Å². The zero-order valence-electron chi connectivity index (χ0n) is 17.2. The monoisotopic (exact) mass is 335 g/mol. The standard InChI is InChI=1S/C11H19NO.C11H22/c1-8(2)9-4-5-11(3,13)10(6-9)7-12;1-8(2)11-6-5-9(3)10(4)7-11/h8-10,13H,4-6H2,1-3H3;8-11H,5-7H2,1-4H3. The first-order chi connectivity index (χ1) is 11.1. The van der Waals surface area contributed by atoms with E-state index in [4.69, 9.17) is 5.26 Å². The number of hydrogen-bond donors (Lipinski definition) is 1. The van der Waals surface area contributed by atoms with Crippen molar-refractivity contribution < 1.29 is 5.11 Å². The first kappa shape index (κ1) is 21.5. The Morgan fingerprint density at radius 1 is 0.917 bits per heavy atom. The summed E-state index contributed by atoms with van der Waals surface area (Å²) in [6.07, 6.45) is 7.10. The number of hydrogen-bond acceptors (Lipinski definition) is 2. The molecule has 2 rings (SSSR count). The van der Waals surface area contributed by atoms with Crippen LogP contribution in [0.1, 0.15) is 87.0 Å². The fourth-order valence-corrected chi connectivity index (χ4v) is 4.32. The molecule has 2 fully saturated rings. The first-order valence-electron chi connectivity index (χ1n) is 10.2. The Bertz CT molecular complexity index is 407. The number of rotatable bonds is 2. The number of aliphatic hydroxyl groups is 1. The zero-order valence-corrected chi connectivity index (χ0v) is 17.2. The summed E-state index contributed by atoms with van der Waals surface area (Å²) in [6, 6.07) is 2.23. The second-order valence-corrected chi connectivity index (χ2v) is 9.59. The van der Waals surface area contributed by atoms with Crippen LogP contribution < -0.4 is 0 Å². The normalized spacial score (nSPS) is 40.0.